The number of nitrogens with two attached hydrogens (primary N) is 2. The molecule has 142 valence electrons. The zero-order chi connectivity index (χ0) is 17.9. The number of imidazole rings is 1. The zero-order valence-corrected chi connectivity index (χ0v) is 17.0. The quantitative estimate of drug-likeness (QED) is 0.245. The molecule has 0 bridgehead atoms. The number of aromatic nitrogens is 5. The molecule has 10 heteroatoms. The first-order valence-corrected chi connectivity index (χ1v) is 8.28. The smallest absolute Gasteiger partial charge is 0.180 e. The van der Waals surface area contributed by atoms with E-state index in [1.165, 1.54) is 12.4 Å². The Morgan fingerprint density at radius 2 is 2.26 bits per heavy atom. The Bertz CT molecular complexity index is 968. The molecule has 4 heterocycles. The second-order valence-corrected chi connectivity index (χ2v) is 5.91. The second-order valence-electron chi connectivity index (χ2n) is 5.91. The standard InChI is InChI=1S/C17H18N9.Cf/c18-7-12(8-19)13-11-25(5-4-21-13)15-1-2-22-17(24-15)14-9-23-16-10-20-3-6-26(14)16;/h1-2,6-10,13,18,21H,4-5,11,19H2;/q-1;/p+1/b12-8+,18-7?;. The van der Waals surface area contributed by atoms with Gasteiger partial charge in [0.15, 0.2) is 12.0 Å². The molecule has 0 aliphatic carbocycles. The minimum Gasteiger partial charge on any atom is -0.454 e. The third-order valence-corrected chi connectivity index (χ3v) is 4.42. The van der Waals surface area contributed by atoms with Gasteiger partial charge in [0.25, 0.3) is 0 Å². The summed E-state index contributed by atoms with van der Waals surface area (Å²) in [5.41, 5.74) is 8.06. The fourth-order valence-electron chi connectivity index (χ4n) is 3.08. The fourth-order valence-corrected chi connectivity index (χ4v) is 3.08. The average molecular weight is 600 g/mol. The van der Waals surface area contributed by atoms with Crippen molar-refractivity contribution in [2.75, 3.05) is 24.5 Å². The number of rotatable bonds is 4. The molecule has 3 aromatic heterocycles. The monoisotopic (exact) mass is 598 g/mol. The summed E-state index contributed by atoms with van der Waals surface area (Å²) < 4.78 is 1.87. The van der Waals surface area contributed by atoms with Crippen LogP contribution in [-0.2, 0) is 0 Å². The molecule has 0 amide bonds. The third-order valence-electron chi connectivity index (χ3n) is 4.42. The van der Waals surface area contributed by atoms with Gasteiger partial charge < -0.3 is 25.3 Å². The Morgan fingerprint density at radius 1 is 1.37 bits per heavy atom. The van der Waals surface area contributed by atoms with E-state index in [1.54, 1.807) is 24.8 Å². The van der Waals surface area contributed by atoms with Crippen molar-refractivity contribution in [3.63, 3.8) is 0 Å². The maximum Gasteiger partial charge on any atom is 0.180 e. The van der Waals surface area contributed by atoms with Crippen LogP contribution in [0.25, 0.3) is 17.2 Å². The number of anilines is 1. The summed E-state index contributed by atoms with van der Waals surface area (Å²) in [6.45, 7) is 2.36. The molecular weight excluding hydrogens is 581 g/mol. The SMILES string of the molecule is N/C=C(\C=[NH2+])C1CN(c2ccnc(-c3cnc4cn[c-]cn34)n2)CCN1.[Cf]. The molecule has 0 spiro atoms. The minimum atomic E-state index is 0. The Balaban J connectivity index is 0.00000210. The number of fused-ring (bicyclic) bond motifs is 1. The predicted molar refractivity (Wildman–Crippen MR) is 97.1 cm³/mol. The normalized spacial score (nSPS) is 17.6. The number of hydrogen-bond donors (Lipinski definition) is 3. The van der Waals surface area contributed by atoms with Crippen LogP contribution in [0.15, 0.2) is 42.6 Å². The average Bonchev–Trinajstić information content (AvgIpc) is 3.13. The van der Waals surface area contributed by atoms with Gasteiger partial charge in [0, 0.05) is 37.6 Å². The summed E-state index contributed by atoms with van der Waals surface area (Å²) in [5, 5.41) is 9.08. The van der Waals surface area contributed by atoms with Crippen LogP contribution in [0.4, 0.5) is 5.82 Å². The van der Waals surface area contributed by atoms with E-state index in [2.05, 4.69) is 31.4 Å². The van der Waals surface area contributed by atoms with Crippen molar-refractivity contribution >= 4 is 17.7 Å². The van der Waals surface area contributed by atoms with Crippen molar-refractivity contribution in [1.29, 1.82) is 0 Å². The zero-order valence-electron chi connectivity index (χ0n) is 14.4. The van der Waals surface area contributed by atoms with Gasteiger partial charge in [-0.1, -0.05) is 12.4 Å². The maximum absolute atomic E-state index is 5.66. The molecule has 3 aromatic rings. The van der Waals surface area contributed by atoms with E-state index < -0.39 is 0 Å². The molecule has 1 saturated heterocycles. The molecule has 1 unspecified atom stereocenters. The first kappa shape index (κ1) is 17.5. The third kappa shape index (κ3) is 3.14. The molecule has 0 saturated carbocycles. The number of hydrogen-bond acceptors (Lipinski definition) is 7. The van der Waals surface area contributed by atoms with Crippen LogP contribution in [0, 0.1) is 6.20 Å². The van der Waals surface area contributed by atoms with E-state index in [0.29, 0.717) is 5.82 Å². The van der Waals surface area contributed by atoms with Gasteiger partial charge in [-0.3, -0.25) is 10.4 Å². The Labute approximate surface area is 150 Å². The molecule has 1 aliphatic heterocycles. The van der Waals surface area contributed by atoms with Crippen LogP contribution < -0.4 is 21.4 Å². The molecule has 1 fully saturated rings. The minimum absolute atomic E-state index is 0. The van der Waals surface area contributed by atoms with Gasteiger partial charge in [0.2, 0.25) is 0 Å². The molecular formula is C17H19CfN9. The van der Waals surface area contributed by atoms with Gasteiger partial charge in [0.1, 0.15) is 11.5 Å². The van der Waals surface area contributed by atoms with Crippen LogP contribution in [0.2, 0.25) is 0 Å². The van der Waals surface area contributed by atoms with Crippen molar-refractivity contribution in [3.8, 4) is 11.5 Å². The summed E-state index contributed by atoms with van der Waals surface area (Å²) in [6, 6.07) is 1.97. The van der Waals surface area contributed by atoms with Crippen molar-refractivity contribution in [3.05, 3.63) is 48.8 Å². The van der Waals surface area contributed by atoms with Crippen LogP contribution in [0.3, 0.4) is 0 Å². The van der Waals surface area contributed by atoms with E-state index >= 15 is 0 Å². The fraction of sp³-hybridized carbons (Fsp3) is 0.235. The molecule has 1 atom stereocenters. The van der Waals surface area contributed by atoms with Crippen molar-refractivity contribution in [2.45, 2.75) is 6.04 Å². The number of nitrogens with zero attached hydrogens (tertiary/aromatic N) is 6. The molecule has 1 aliphatic rings. The number of nitrogens with one attached hydrogen (secondary N) is 1. The molecule has 9 nitrogen and oxygen atoms in total. The summed E-state index contributed by atoms with van der Waals surface area (Å²) in [5.74, 6) is 1.45. The summed E-state index contributed by atoms with van der Waals surface area (Å²) in [4.78, 5) is 19.6. The second kappa shape index (κ2) is 7.28. The van der Waals surface area contributed by atoms with Crippen LogP contribution in [0.1, 0.15) is 0 Å². The van der Waals surface area contributed by atoms with Gasteiger partial charge in [-0.15, -0.1) is 6.20 Å². The van der Waals surface area contributed by atoms with Gasteiger partial charge in [0.05, 0.1) is 17.9 Å². The summed E-state index contributed by atoms with van der Waals surface area (Å²) in [6.07, 6.45) is 12.8. The topological polar surface area (TPSA) is 123 Å². The Hall–Kier alpha value is -4.33. The largest absolute Gasteiger partial charge is 0.454 e. The summed E-state index contributed by atoms with van der Waals surface area (Å²) >= 11 is 0. The molecule has 0 aromatic carbocycles. The van der Waals surface area contributed by atoms with E-state index in [4.69, 9.17) is 16.1 Å². The molecule has 5 N–H and O–H groups in total. The van der Waals surface area contributed by atoms with Gasteiger partial charge in [-0.25, -0.2) is 9.97 Å². The van der Waals surface area contributed by atoms with Gasteiger partial charge in [-0.2, -0.15) is 0 Å². The maximum atomic E-state index is 5.66. The van der Waals surface area contributed by atoms with Crippen molar-refractivity contribution < 1.29 is 5.41 Å². The van der Waals surface area contributed by atoms with E-state index in [9.17, 15) is 0 Å². The van der Waals surface area contributed by atoms with Gasteiger partial charge >= 0.3 is 0 Å². The van der Waals surface area contributed by atoms with Crippen molar-refractivity contribution in [2.24, 2.45) is 5.73 Å². The first-order valence-electron chi connectivity index (χ1n) is 8.28. The van der Waals surface area contributed by atoms with Crippen molar-refractivity contribution in [1.82, 2.24) is 29.7 Å². The predicted octanol–water partition coefficient (Wildman–Crippen LogP) is -1.56. The van der Waals surface area contributed by atoms with E-state index in [-0.39, 0.29) is 6.04 Å². The first-order chi connectivity index (χ1) is 12.8. The Morgan fingerprint density at radius 3 is 3.07 bits per heavy atom. The van der Waals surface area contributed by atoms with Crippen LogP contribution in [0.5, 0.6) is 0 Å². The molecule has 4 rings (SSSR count). The summed E-state index contributed by atoms with van der Waals surface area (Å²) in [7, 11) is 0. The van der Waals surface area contributed by atoms with E-state index in [1.807, 2.05) is 10.5 Å². The Kier molecular flexibility index (Phi) is 4.71. The van der Waals surface area contributed by atoms with Gasteiger partial charge in [-0.05, 0) is 6.07 Å². The number of piperazine rings is 1. The van der Waals surface area contributed by atoms with Crippen LogP contribution in [-0.4, -0.2) is 56.2 Å². The van der Waals surface area contributed by atoms with E-state index in [0.717, 1.165) is 42.4 Å². The van der Waals surface area contributed by atoms with Crippen LogP contribution >= 0.6 is 0 Å². The molecule has 27 heavy (non-hydrogen) atoms. The molecule has 0 radical (unpaired) electrons.